The van der Waals surface area contributed by atoms with Gasteiger partial charge in [0.1, 0.15) is 5.75 Å². The summed E-state index contributed by atoms with van der Waals surface area (Å²) < 4.78 is 198. The molecule has 3 nitrogen and oxygen atoms in total. The van der Waals surface area contributed by atoms with E-state index in [0.29, 0.717) is 11.1 Å². The van der Waals surface area contributed by atoms with Crippen LogP contribution in [-0.2, 0) is 0 Å². The summed E-state index contributed by atoms with van der Waals surface area (Å²) >= 11 is 0. The minimum atomic E-state index is -1.12. The van der Waals surface area contributed by atoms with Crippen molar-refractivity contribution in [1.82, 2.24) is 4.57 Å². The van der Waals surface area contributed by atoms with Crippen molar-refractivity contribution in [3.63, 3.8) is 0 Å². The van der Waals surface area contributed by atoms with Crippen molar-refractivity contribution >= 4 is 49.6 Å². The molecule has 11 rings (SSSR count). The predicted octanol–water partition coefficient (Wildman–Crippen LogP) is 15.8. The molecule has 0 saturated carbocycles. The molecular formula is C58H40N2O. The first-order valence-corrected chi connectivity index (χ1v) is 18.9. The molecule has 1 heterocycles. The number of benzene rings is 10. The quantitative estimate of drug-likeness (QED) is 0.166. The van der Waals surface area contributed by atoms with Crippen LogP contribution in [0.2, 0.25) is 0 Å². The average Bonchev–Trinajstić information content (AvgIpc) is 2.75. The summed E-state index contributed by atoms with van der Waals surface area (Å²) in [4.78, 5) is 0.935. The highest BCUT2D eigenvalue weighted by atomic mass is 16.3. The monoisotopic (exact) mass is 802 g/mol. The first-order valence-electron chi connectivity index (χ1n) is 29.9. The molecule has 10 aromatic carbocycles. The molecule has 0 aliphatic heterocycles. The Balaban J connectivity index is 1.13. The third kappa shape index (κ3) is 6.59. The van der Waals surface area contributed by atoms with Gasteiger partial charge in [0.2, 0.25) is 0 Å². The Labute approximate surface area is 386 Å². The number of nitrogens with zero attached hydrogens (tertiary/aromatic N) is 2. The van der Waals surface area contributed by atoms with Crippen molar-refractivity contribution in [2.24, 2.45) is 0 Å². The Morgan fingerprint density at radius 3 is 1.64 bits per heavy atom. The van der Waals surface area contributed by atoms with Crippen LogP contribution in [0, 0.1) is 0 Å². The lowest BCUT2D eigenvalue weighted by Crippen LogP contribution is -2.09. The lowest BCUT2D eigenvalue weighted by molar-refractivity contribution is 0.479. The summed E-state index contributed by atoms with van der Waals surface area (Å²) in [7, 11) is 0. The highest BCUT2D eigenvalue weighted by Crippen LogP contribution is 2.42. The van der Waals surface area contributed by atoms with E-state index in [4.69, 9.17) is 19.2 Å². The summed E-state index contributed by atoms with van der Waals surface area (Å²) in [5, 5.41) is 13.6. The van der Waals surface area contributed by atoms with E-state index in [-0.39, 0.29) is 16.5 Å². The maximum Gasteiger partial charge on any atom is 0.131 e. The van der Waals surface area contributed by atoms with E-state index in [0.717, 1.165) is 38.5 Å². The average molecular weight is 803 g/mol. The number of hydrogen-bond donors (Lipinski definition) is 1. The van der Waals surface area contributed by atoms with Gasteiger partial charge in [-0.3, -0.25) is 0 Å². The number of phenols is 1. The van der Waals surface area contributed by atoms with Crippen LogP contribution in [0.4, 0.5) is 17.1 Å². The second kappa shape index (κ2) is 15.2. The van der Waals surface area contributed by atoms with Gasteiger partial charge in [-0.05, 0) is 111 Å². The molecule has 0 amide bonds. The fourth-order valence-electron chi connectivity index (χ4n) is 7.41. The molecule has 11 aromatic rings. The Hall–Kier alpha value is -8.14. The van der Waals surface area contributed by atoms with Crippen molar-refractivity contribution < 1.29 is 35.3 Å². The minimum Gasteiger partial charge on any atom is -0.507 e. The number of anilines is 3. The van der Waals surface area contributed by atoms with E-state index in [9.17, 15) is 16.1 Å². The van der Waals surface area contributed by atoms with Gasteiger partial charge in [0.25, 0.3) is 0 Å². The smallest absolute Gasteiger partial charge is 0.131 e. The van der Waals surface area contributed by atoms with Crippen LogP contribution in [0.1, 0.15) is 30.2 Å². The predicted molar refractivity (Wildman–Crippen MR) is 256 cm³/mol. The van der Waals surface area contributed by atoms with E-state index in [1.54, 1.807) is 12.1 Å². The summed E-state index contributed by atoms with van der Waals surface area (Å²) in [5.74, 6) is -1.12. The molecule has 0 fully saturated rings. The van der Waals surface area contributed by atoms with Crippen LogP contribution >= 0.6 is 0 Å². The van der Waals surface area contributed by atoms with Crippen molar-refractivity contribution in [3.05, 3.63) is 236 Å². The topological polar surface area (TPSA) is 28.4 Å². The third-order valence-electron chi connectivity index (χ3n) is 10.3. The second-order valence-electron chi connectivity index (χ2n) is 13.8. The second-order valence-corrected chi connectivity index (χ2v) is 13.8. The Morgan fingerprint density at radius 2 is 0.951 bits per heavy atom. The summed E-state index contributed by atoms with van der Waals surface area (Å²) in [6, 6.07) is 12.3. The standard InChI is InChI=1S/C58H40N2O/c61-58-52(20-11-21-53(58)47-25-24-41-14-4-5-15-45(41)38-47)44-30-36-50(37-31-44)59(48-32-26-42(27-33-48)40-12-2-1-3-13-40)49-34-28-43(29-35-49)46-16-10-17-51(39-46)60-56-22-8-6-18-54(56)55-19-7-9-23-57(55)60/h1-39,61H/i1D,2D,3D,4D,5D,11D,12D,13D,14D,15D,20D,21D,24D,25D,26D,27D,30D,31D,32D,33D,36D,37D. The van der Waals surface area contributed by atoms with Crippen LogP contribution in [0.15, 0.2) is 236 Å². The molecule has 0 aliphatic carbocycles. The van der Waals surface area contributed by atoms with Crippen molar-refractivity contribution in [3.8, 4) is 55.9 Å². The van der Waals surface area contributed by atoms with Crippen molar-refractivity contribution in [2.45, 2.75) is 0 Å². The maximum absolute atomic E-state index is 12.2. The molecule has 1 N–H and O–H groups in total. The van der Waals surface area contributed by atoms with E-state index >= 15 is 0 Å². The zero-order valence-corrected chi connectivity index (χ0v) is 31.7. The fourth-order valence-corrected chi connectivity index (χ4v) is 7.41. The zero-order chi connectivity index (χ0) is 59.8. The number of rotatable bonds is 8. The molecule has 1 aromatic heterocycles. The summed E-state index contributed by atoms with van der Waals surface area (Å²) in [6.07, 6.45) is 0. The lowest BCUT2D eigenvalue weighted by atomic mass is 9.95. The van der Waals surface area contributed by atoms with Crippen LogP contribution < -0.4 is 4.90 Å². The molecule has 0 bridgehead atoms. The van der Waals surface area contributed by atoms with Gasteiger partial charge < -0.3 is 14.6 Å². The van der Waals surface area contributed by atoms with Gasteiger partial charge in [-0.1, -0.05) is 169 Å². The van der Waals surface area contributed by atoms with Crippen LogP contribution in [0.25, 0.3) is 82.8 Å². The van der Waals surface area contributed by atoms with Crippen LogP contribution in [-0.4, -0.2) is 9.67 Å². The Morgan fingerprint density at radius 1 is 0.377 bits per heavy atom. The molecule has 0 spiro atoms. The van der Waals surface area contributed by atoms with Crippen LogP contribution in [0.3, 0.4) is 0 Å². The van der Waals surface area contributed by atoms with E-state index < -0.39 is 183 Å². The van der Waals surface area contributed by atoms with Crippen molar-refractivity contribution in [2.75, 3.05) is 4.90 Å². The van der Waals surface area contributed by atoms with Gasteiger partial charge in [0.15, 0.2) is 0 Å². The zero-order valence-electron chi connectivity index (χ0n) is 53.7. The van der Waals surface area contributed by atoms with Gasteiger partial charge in [-0.2, -0.15) is 0 Å². The lowest BCUT2D eigenvalue weighted by Gasteiger charge is -2.26. The highest BCUT2D eigenvalue weighted by molar-refractivity contribution is 6.09. The number of para-hydroxylation sites is 3. The molecule has 61 heavy (non-hydrogen) atoms. The summed E-state index contributed by atoms with van der Waals surface area (Å²) in [5.41, 5.74) is -1.55. The first-order chi connectivity index (χ1) is 39.3. The number of aromatic hydroxyl groups is 1. The SMILES string of the molecule is [2H]c1c([2H])c([2H])c(-c2c([2H])c([2H])c(N(c3ccc(-c4cccc(-n5c6ccccc6c6ccccc65)c4)cc3)c3c([2H])c([2H])c(-c4c([2H])c([2H])c([2H])c(-c5cc6c([2H])c([2H])c([2H])c([2H])c6c([2H])c5[2H])c4O)c([2H])c3[2H])c([2H])c2[2H])c([2H])c1[2H]. The minimum absolute atomic E-state index is 0.0565. The van der Waals surface area contributed by atoms with Crippen LogP contribution in [0.5, 0.6) is 5.75 Å². The molecule has 0 radical (unpaired) electrons. The van der Waals surface area contributed by atoms with Crippen molar-refractivity contribution in [1.29, 1.82) is 0 Å². The Bertz CT molecular complexity index is 4540. The molecule has 0 unspecified atom stereocenters. The molecule has 0 saturated heterocycles. The number of fused-ring (bicyclic) bond motifs is 4. The molecule has 3 heteroatoms. The van der Waals surface area contributed by atoms with E-state index in [1.807, 2.05) is 72.8 Å². The molecule has 0 aliphatic rings. The number of phenolic OH excluding ortho intramolecular Hbond substituents is 1. The molecule has 288 valence electrons. The highest BCUT2D eigenvalue weighted by Gasteiger charge is 2.17. The van der Waals surface area contributed by atoms with E-state index in [1.165, 1.54) is 12.1 Å². The molecular weight excluding hydrogens is 741 g/mol. The fraction of sp³-hybridized carbons (Fsp3) is 0. The van der Waals surface area contributed by atoms with Gasteiger partial charge in [-0.25, -0.2) is 0 Å². The Kier molecular flexibility index (Phi) is 4.93. The first kappa shape index (κ1) is 19.7. The summed E-state index contributed by atoms with van der Waals surface area (Å²) in [6.45, 7) is 0. The van der Waals surface area contributed by atoms with Gasteiger partial charge in [-0.15, -0.1) is 0 Å². The van der Waals surface area contributed by atoms with Gasteiger partial charge in [0, 0.05) is 44.6 Å². The van der Waals surface area contributed by atoms with E-state index in [2.05, 4.69) is 4.57 Å². The normalized spacial score (nSPS) is 16.4. The largest absolute Gasteiger partial charge is 0.507 e. The third-order valence-corrected chi connectivity index (χ3v) is 10.3. The maximum atomic E-state index is 12.2. The van der Waals surface area contributed by atoms with Gasteiger partial charge in [0.05, 0.1) is 41.2 Å². The number of hydrogen-bond acceptors (Lipinski definition) is 2. The number of aromatic nitrogens is 1. The molecule has 0 atom stereocenters. The van der Waals surface area contributed by atoms with Gasteiger partial charge >= 0.3 is 0 Å².